The van der Waals surface area contributed by atoms with Crippen LogP contribution in [0.5, 0.6) is 0 Å². The number of aromatic amines is 1. The number of rotatable bonds is 5. The maximum atomic E-state index is 12.0. The van der Waals surface area contributed by atoms with Crippen LogP contribution in [0.15, 0.2) is 41.6 Å². The van der Waals surface area contributed by atoms with E-state index in [1.807, 2.05) is 0 Å². The monoisotopic (exact) mass is 266 g/mol. The number of hydrogen-bond donors (Lipinski definition) is 3. The lowest BCUT2D eigenvalue weighted by Crippen LogP contribution is -2.14. The second-order valence-electron chi connectivity index (χ2n) is 3.73. The molecule has 2 rings (SSSR count). The summed E-state index contributed by atoms with van der Waals surface area (Å²) < 4.78 is 26.3. The molecule has 0 spiro atoms. The largest absolute Gasteiger partial charge is 0.330 e. The Morgan fingerprint density at radius 3 is 2.56 bits per heavy atom. The number of hydrogen-bond acceptors (Lipinski definition) is 4. The van der Waals surface area contributed by atoms with Gasteiger partial charge in [0.25, 0.3) is 10.0 Å². The second kappa shape index (κ2) is 5.19. The van der Waals surface area contributed by atoms with Crippen molar-refractivity contribution in [2.75, 3.05) is 11.3 Å². The first kappa shape index (κ1) is 12.6. The van der Waals surface area contributed by atoms with Crippen LogP contribution in [0.3, 0.4) is 0 Å². The van der Waals surface area contributed by atoms with E-state index in [2.05, 4.69) is 14.7 Å². The van der Waals surface area contributed by atoms with Gasteiger partial charge in [0.15, 0.2) is 0 Å². The summed E-state index contributed by atoms with van der Waals surface area (Å²) in [5.41, 5.74) is 6.44. The molecule has 0 radical (unpaired) electrons. The minimum Gasteiger partial charge on any atom is -0.330 e. The molecule has 0 aliphatic rings. The summed E-state index contributed by atoms with van der Waals surface area (Å²) in [7, 11) is -3.59. The third kappa shape index (κ3) is 2.88. The summed E-state index contributed by atoms with van der Waals surface area (Å²) in [5, 5.41) is 0. The van der Waals surface area contributed by atoms with E-state index in [0.29, 0.717) is 6.54 Å². The number of nitrogens with zero attached hydrogens (tertiary/aromatic N) is 1. The second-order valence-corrected chi connectivity index (χ2v) is 5.41. The molecule has 0 bridgehead atoms. The number of nitrogens with one attached hydrogen (secondary N) is 2. The summed E-state index contributed by atoms with van der Waals surface area (Å²) >= 11 is 0. The lowest BCUT2D eigenvalue weighted by molar-refractivity contribution is 0.601. The van der Waals surface area contributed by atoms with Crippen LogP contribution in [0.4, 0.5) is 5.95 Å². The van der Waals surface area contributed by atoms with Gasteiger partial charge >= 0.3 is 0 Å². The minimum absolute atomic E-state index is 0.194. The topological polar surface area (TPSA) is 101 Å². The molecule has 0 aliphatic carbocycles. The standard InChI is InChI=1S/C11H14N4O2S/c12-6-5-9-1-3-10(4-2-9)18(16,17)15-11-13-7-8-14-11/h1-4,7-8H,5-6,12H2,(H2,13,14,15). The zero-order valence-corrected chi connectivity index (χ0v) is 10.4. The first-order valence-electron chi connectivity index (χ1n) is 5.43. The van der Waals surface area contributed by atoms with Crippen molar-refractivity contribution in [2.45, 2.75) is 11.3 Å². The molecule has 1 aromatic heterocycles. The summed E-state index contributed by atoms with van der Waals surface area (Å²) in [6.07, 6.45) is 3.75. The maximum Gasteiger partial charge on any atom is 0.264 e. The molecule has 0 saturated carbocycles. The van der Waals surface area contributed by atoms with Crippen LogP contribution in [-0.2, 0) is 16.4 Å². The van der Waals surface area contributed by atoms with Crippen molar-refractivity contribution in [2.24, 2.45) is 5.73 Å². The van der Waals surface area contributed by atoms with Crippen molar-refractivity contribution in [3.8, 4) is 0 Å². The van der Waals surface area contributed by atoms with Crippen molar-refractivity contribution in [1.29, 1.82) is 0 Å². The smallest absolute Gasteiger partial charge is 0.264 e. The Hall–Kier alpha value is -1.86. The molecule has 0 saturated heterocycles. The molecule has 0 aliphatic heterocycles. The SMILES string of the molecule is NCCc1ccc(S(=O)(=O)Nc2ncc[nH]2)cc1. The maximum absolute atomic E-state index is 12.0. The molecule has 1 heterocycles. The van der Waals surface area contributed by atoms with Crippen molar-refractivity contribution >= 4 is 16.0 Å². The first-order chi connectivity index (χ1) is 8.62. The number of sulfonamides is 1. The Morgan fingerprint density at radius 1 is 1.28 bits per heavy atom. The average molecular weight is 266 g/mol. The highest BCUT2D eigenvalue weighted by Crippen LogP contribution is 2.14. The molecule has 0 fully saturated rings. The van der Waals surface area contributed by atoms with E-state index in [9.17, 15) is 8.42 Å². The van der Waals surface area contributed by atoms with E-state index in [4.69, 9.17) is 5.73 Å². The Balaban J connectivity index is 2.19. The third-order valence-corrected chi connectivity index (χ3v) is 3.75. The van der Waals surface area contributed by atoms with Gasteiger partial charge in [-0.2, -0.15) is 0 Å². The highest BCUT2D eigenvalue weighted by atomic mass is 32.2. The van der Waals surface area contributed by atoms with Crippen molar-refractivity contribution in [1.82, 2.24) is 9.97 Å². The van der Waals surface area contributed by atoms with E-state index in [-0.39, 0.29) is 10.8 Å². The number of H-pyrrole nitrogens is 1. The summed E-state index contributed by atoms with van der Waals surface area (Å²) in [6.45, 7) is 0.538. The quantitative estimate of drug-likeness (QED) is 0.742. The Labute approximate surface area is 105 Å². The van der Waals surface area contributed by atoms with Crippen molar-refractivity contribution < 1.29 is 8.42 Å². The van der Waals surface area contributed by atoms with Gasteiger partial charge in [0.2, 0.25) is 5.95 Å². The fourth-order valence-electron chi connectivity index (χ4n) is 1.51. The van der Waals surface area contributed by atoms with Crippen LogP contribution < -0.4 is 10.5 Å². The molecule has 7 heteroatoms. The average Bonchev–Trinajstić information content (AvgIpc) is 2.82. The van der Waals surface area contributed by atoms with Gasteiger partial charge in [-0.15, -0.1) is 0 Å². The molecule has 0 atom stereocenters. The predicted molar refractivity (Wildman–Crippen MR) is 68.6 cm³/mol. The third-order valence-electron chi connectivity index (χ3n) is 2.40. The molecule has 0 amide bonds. The lowest BCUT2D eigenvalue weighted by Gasteiger charge is -2.06. The number of aromatic nitrogens is 2. The Bertz CT molecular complexity index is 590. The van der Waals surface area contributed by atoms with Gasteiger partial charge in [-0.25, -0.2) is 18.1 Å². The highest BCUT2D eigenvalue weighted by Gasteiger charge is 2.14. The molecule has 1 aromatic carbocycles. The van der Waals surface area contributed by atoms with Gasteiger partial charge in [-0.3, -0.25) is 0 Å². The lowest BCUT2D eigenvalue weighted by atomic mass is 10.2. The van der Waals surface area contributed by atoms with Gasteiger partial charge in [0.05, 0.1) is 4.90 Å². The minimum atomic E-state index is -3.59. The van der Waals surface area contributed by atoms with Gasteiger partial charge in [-0.05, 0) is 30.7 Å². The Kier molecular flexibility index (Phi) is 3.63. The molecule has 18 heavy (non-hydrogen) atoms. The molecule has 2 aromatic rings. The van der Waals surface area contributed by atoms with E-state index in [0.717, 1.165) is 12.0 Å². The molecule has 4 N–H and O–H groups in total. The number of imidazole rings is 1. The normalized spacial score (nSPS) is 11.4. The molecule has 96 valence electrons. The summed E-state index contributed by atoms with van der Waals surface area (Å²) in [4.78, 5) is 6.68. The number of benzene rings is 1. The van der Waals surface area contributed by atoms with Crippen LogP contribution in [0, 0.1) is 0 Å². The predicted octanol–water partition coefficient (Wildman–Crippen LogP) is 0.712. The first-order valence-corrected chi connectivity index (χ1v) is 6.91. The van der Waals surface area contributed by atoms with Crippen LogP contribution in [0.1, 0.15) is 5.56 Å². The van der Waals surface area contributed by atoms with Crippen molar-refractivity contribution in [3.63, 3.8) is 0 Å². The fraction of sp³-hybridized carbons (Fsp3) is 0.182. The van der Waals surface area contributed by atoms with E-state index in [1.165, 1.54) is 6.20 Å². The molecule has 6 nitrogen and oxygen atoms in total. The van der Waals surface area contributed by atoms with Crippen LogP contribution in [-0.4, -0.2) is 24.9 Å². The number of anilines is 1. The highest BCUT2D eigenvalue weighted by molar-refractivity contribution is 7.92. The van der Waals surface area contributed by atoms with Crippen LogP contribution >= 0.6 is 0 Å². The van der Waals surface area contributed by atoms with E-state index >= 15 is 0 Å². The molecular weight excluding hydrogens is 252 g/mol. The van der Waals surface area contributed by atoms with Gasteiger partial charge in [0.1, 0.15) is 0 Å². The van der Waals surface area contributed by atoms with Crippen LogP contribution in [0.2, 0.25) is 0 Å². The molecular formula is C11H14N4O2S. The van der Waals surface area contributed by atoms with Gasteiger partial charge in [0, 0.05) is 12.4 Å². The summed E-state index contributed by atoms with van der Waals surface area (Å²) in [5.74, 6) is 0.195. The zero-order valence-electron chi connectivity index (χ0n) is 9.63. The molecule has 0 unspecified atom stereocenters. The van der Waals surface area contributed by atoms with Crippen molar-refractivity contribution in [3.05, 3.63) is 42.2 Å². The van der Waals surface area contributed by atoms with E-state index in [1.54, 1.807) is 30.5 Å². The van der Waals surface area contributed by atoms with Gasteiger partial charge in [-0.1, -0.05) is 12.1 Å². The fourth-order valence-corrected chi connectivity index (χ4v) is 2.49. The van der Waals surface area contributed by atoms with E-state index < -0.39 is 10.0 Å². The van der Waals surface area contributed by atoms with Crippen LogP contribution in [0.25, 0.3) is 0 Å². The Morgan fingerprint density at radius 2 is 2.00 bits per heavy atom. The van der Waals surface area contributed by atoms with Gasteiger partial charge < -0.3 is 10.7 Å². The summed E-state index contributed by atoms with van der Waals surface area (Å²) in [6, 6.07) is 6.61. The number of nitrogens with two attached hydrogens (primary N) is 1. The zero-order chi connectivity index (χ0) is 13.0.